The maximum Gasteiger partial charge on any atom is 0.278 e. The van der Waals surface area contributed by atoms with Crippen LogP contribution in [0, 0.1) is 0 Å². The fourth-order valence-corrected chi connectivity index (χ4v) is 3.73. The number of imidazole rings is 1. The van der Waals surface area contributed by atoms with Crippen molar-refractivity contribution in [3.8, 4) is 5.69 Å². The van der Waals surface area contributed by atoms with Crippen LogP contribution in [0.2, 0.25) is 5.02 Å². The van der Waals surface area contributed by atoms with Crippen molar-refractivity contribution in [1.29, 1.82) is 0 Å². The number of aromatic amines is 1. The summed E-state index contributed by atoms with van der Waals surface area (Å²) in [6.45, 7) is 0. The molecule has 0 atom stereocenters. The lowest BCUT2D eigenvalue weighted by atomic mass is 10.2. The molecule has 0 saturated carbocycles. The molecule has 7 heteroatoms. The number of thioether (sulfide) groups is 1. The molecule has 0 fully saturated rings. The summed E-state index contributed by atoms with van der Waals surface area (Å²) in [6, 6.07) is 17.5. The molecule has 0 amide bonds. The van der Waals surface area contributed by atoms with E-state index in [9.17, 15) is 4.79 Å². The highest BCUT2D eigenvalue weighted by atomic mass is 35.5. The van der Waals surface area contributed by atoms with Gasteiger partial charge in [-0.15, -0.1) is 0 Å². The SMILES string of the molecule is O=c1[nH]cnc2c1nc(SCc1cccc(Cl)c1)n2-c1ccccc1. The Hall–Kier alpha value is -2.57. The zero-order valence-electron chi connectivity index (χ0n) is 13.0. The second kappa shape index (κ2) is 6.74. The summed E-state index contributed by atoms with van der Waals surface area (Å²) < 4.78 is 1.90. The van der Waals surface area contributed by atoms with Crippen LogP contribution in [0.15, 0.2) is 70.9 Å². The Morgan fingerprint density at radius 2 is 1.96 bits per heavy atom. The zero-order chi connectivity index (χ0) is 17.2. The highest BCUT2D eigenvalue weighted by molar-refractivity contribution is 7.98. The summed E-state index contributed by atoms with van der Waals surface area (Å²) in [4.78, 5) is 23.5. The van der Waals surface area contributed by atoms with E-state index < -0.39 is 0 Å². The van der Waals surface area contributed by atoms with Crippen LogP contribution >= 0.6 is 23.4 Å². The van der Waals surface area contributed by atoms with Crippen molar-refractivity contribution in [3.63, 3.8) is 0 Å². The number of aromatic nitrogens is 4. The van der Waals surface area contributed by atoms with Gasteiger partial charge in [0.25, 0.3) is 5.56 Å². The summed E-state index contributed by atoms with van der Waals surface area (Å²) in [5.74, 6) is 0.689. The third-order valence-corrected chi connectivity index (χ3v) is 4.94. The Morgan fingerprint density at radius 3 is 2.76 bits per heavy atom. The molecule has 0 spiro atoms. The first-order chi connectivity index (χ1) is 12.2. The van der Waals surface area contributed by atoms with Crippen LogP contribution in [0.5, 0.6) is 0 Å². The number of hydrogen-bond acceptors (Lipinski definition) is 4. The first kappa shape index (κ1) is 15.9. The Morgan fingerprint density at radius 1 is 1.12 bits per heavy atom. The molecule has 1 N–H and O–H groups in total. The van der Waals surface area contributed by atoms with E-state index in [1.165, 1.54) is 18.1 Å². The summed E-state index contributed by atoms with van der Waals surface area (Å²) in [7, 11) is 0. The van der Waals surface area contributed by atoms with Crippen molar-refractivity contribution in [3.05, 3.63) is 81.9 Å². The van der Waals surface area contributed by atoms with Gasteiger partial charge in [-0.1, -0.05) is 53.7 Å². The van der Waals surface area contributed by atoms with Crippen LogP contribution in [0.3, 0.4) is 0 Å². The molecule has 0 aliphatic rings. The maximum atomic E-state index is 12.1. The number of para-hydroxylation sites is 1. The predicted octanol–water partition coefficient (Wildman–Crippen LogP) is 4.05. The molecule has 0 radical (unpaired) electrons. The third kappa shape index (κ3) is 3.18. The zero-order valence-corrected chi connectivity index (χ0v) is 14.6. The van der Waals surface area contributed by atoms with Crippen molar-refractivity contribution in [1.82, 2.24) is 19.5 Å². The highest BCUT2D eigenvalue weighted by Gasteiger charge is 2.16. The van der Waals surface area contributed by atoms with Crippen LogP contribution in [0.1, 0.15) is 5.56 Å². The van der Waals surface area contributed by atoms with E-state index in [0.717, 1.165) is 11.3 Å². The lowest BCUT2D eigenvalue weighted by Gasteiger charge is -2.08. The molecule has 2 aromatic heterocycles. The average molecular weight is 369 g/mol. The van der Waals surface area contributed by atoms with Gasteiger partial charge in [0.15, 0.2) is 16.3 Å². The van der Waals surface area contributed by atoms with Gasteiger partial charge in [0.2, 0.25) is 0 Å². The molecule has 5 nitrogen and oxygen atoms in total. The Bertz CT molecular complexity index is 1090. The summed E-state index contributed by atoms with van der Waals surface area (Å²) >= 11 is 7.59. The molecule has 0 aliphatic carbocycles. The second-order valence-electron chi connectivity index (χ2n) is 5.39. The molecule has 4 aromatic rings. The number of halogens is 1. The van der Waals surface area contributed by atoms with Gasteiger partial charge in [-0.3, -0.25) is 9.36 Å². The van der Waals surface area contributed by atoms with E-state index in [-0.39, 0.29) is 5.56 Å². The van der Waals surface area contributed by atoms with Crippen molar-refractivity contribution < 1.29 is 0 Å². The van der Waals surface area contributed by atoms with Crippen LogP contribution < -0.4 is 5.56 Å². The quantitative estimate of drug-likeness (QED) is 0.552. The largest absolute Gasteiger partial charge is 0.311 e. The smallest absolute Gasteiger partial charge is 0.278 e. The van der Waals surface area contributed by atoms with E-state index in [1.807, 2.05) is 59.2 Å². The van der Waals surface area contributed by atoms with E-state index in [4.69, 9.17) is 11.6 Å². The van der Waals surface area contributed by atoms with Gasteiger partial charge in [-0.25, -0.2) is 9.97 Å². The standard InChI is InChI=1S/C18H13ClN4OS/c19-13-6-4-5-12(9-13)10-25-18-22-15-16(20-11-21-17(15)24)23(18)14-7-2-1-3-8-14/h1-9,11H,10H2,(H,20,21,24). The molecular weight excluding hydrogens is 356 g/mol. The first-order valence-corrected chi connectivity index (χ1v) is 8.97. The molecule has 0 bridgehead atoms. The van der Waals surface area contributed by atoms with Crippen molar-refractivity contribution in [2.24, 2.45) is 0 Å². The molecule has 124 valence electrons. The van der Waals surface area contributed by atoms with E-state index in [0.29, 0.717) is 27.1 Å². The van der Waals surface area contributed by atoms with Gasteiger partial charge >= 0.3 is 0 Å². The topological polar surface area (TPSA) is 63.6 Å². The van der Waals surface area contributed by atoms with Crippen LogP contribution in [0.25, 0.3) is 16.9 Å². The van der Waals surface area contributed by atoms with Gasteiger partial charge < -0.3 is 4.98 Å². The maximum absolute atomic E-state index is 12.1. The highest BCUT2D eigenvalue weighted by Crippen LogP contribution is 2.28. The number of nitrogens with one attached hydrogen (secondary N) is 1. The van der Waals surface area contributed by atoms with E-state index in [1.54, 1.807) is 0 Å². The van der Waals surface area contributed by atoms with Crippen LogP contribution in [-0.4, -0.2) is 19.5 Å². The number of H-pyrrole nitrogens is 1. The van der Waals surface area contributed by atoms with E-state index in [2.05, 4.69) is 15.0 Å². The van der Waals surface area contributed by atoms with Gasteiger partial charge in [0.05, 0.1) is 6.33 Å². The molecule has 2 aromatic carbocycles. The second-order valence-corrected chi connectivity index (χ2v) is 6.77. The van der Waals surface area contributed by atoms with Gasteiger partial charge in [-0.05, 0) is 29.8 Å². The monoisotopic (exact) mass is 368 g/mol. The molecule has 25 heavy (non-hydrogen) atoms. The lowest BCUT2D eigenvalue weighted by molar-refractivity contribution is 0.908. The fourth-order valence-electron chi connectivity index (χ4n) is 2.56. The van der Waals surface area contributed by atoms with Gasteiger partial charge in [0.1, 0.15) is 0 Å². The first-order valence-electron chi connectivity index (χ1n) is 7.61. The molecular formula is C18H13ClN4OS. The third-order valence-electron chi connectivity index (χ3n) is 3.69. The Labute approximate surface area is 152 Å². The van der Waals surface area contributed by atoms with Crippen molar-refractivity contribution >= 4 is 34.5 Å². The summed E-state index contributed by atoms with van der Waals surface area (Å²) in [5, 5.41) is 1.41. The Balaban J connectivity index is 1.80. The summed E-state index contributed by atoms with van der Waals surface area (Å²) in [5.41, 5.74) is 2.63. The van der Waals surface area contributed by atoms with Crippen molar-refractivity contribution in [2.45, 2.75) is 10.9 Å². The predicted molar refractivity (Wildman–Crippen MR) is 100 cm³/mol. The number of rotatable bonds is 4. The van der Waals surface area contributed by atoms with Crippen LogP contribution in [0.4, 0.5) is 0 Å². The molecule has 2 heterocycles. The lowest BCUT2D eigenvalue weighted by Crippen LogP contribution is -2.07. The molecule has 0 saturated heterocycles. The number of fused-ring (bicyclic) bond motifs is 1. The molecule has 4 rings (SSSR count). The average Bonchev–Trinajstić information content (AvgIpc) is 3.01. The summed E-state index contributed by atoms with van der Waals surface area (Å²) in [6.07, 6.45) is 1.40. The minimum absolute atomic E-state index is 0.246. The minimum atomic E-state index is -0.246. The minimum Gasteiger partial charge on any atom is -0.311 e. The number of hydrogen-bond donors (Lipinski definition) is 1. The fraction of sp³-hybridized carbons (Fsp3) is 0.0556. The van der Waals surface area contributed by atoms with Gasteiger partial charge in [0, 0.05) is 16.5 Å². The molecule has 0 aliphatic heterocycles. The number of benzene rings is 2. The molecule has 0 unspecified atom stereocenters. The normalized spacial score (nSPS) is 11.1. The van der Waals surface area contributed by atoms with Crippen LogP contribution in [-0.2, 0) is 5.75 Å². The van der Waals surface area contributed by atoms with E-state index >= 15 is 0 Å². The number of nitrogens with zero attached hydrogens (tertiary/aromatic N) is 3. The van der Waals surface area contributed by atoms with Gasteiger partial charge in [-0.2, -0.15) is 0 Å². The van der Waals surface area contributed by atoms with Crippen molar-refractivity contribution in [2.75, 3.05) is 0 Å². The Kier molecular flexibility index (Phi) is 4.29.